The minimum Gasteiger partial charge on any atom is -0.302 e. The number of hydrogen-bond donors (Lipinski definition) is 0. The summed E-state index contributed by atoms with van der Waals surface area (Å²) in [4.78, 5) is 15.6. The molecule has 2 aromatic heterocycles. The number of carbonyl (C=O) groups excluding carboxylic acids is 1. The highest BCUT2D eigenvalue weighted by Crippen LogP contribution is 2.23. The summed E-state index contributed by atoms with van der Waals surface area (Å²) in [6.45, 7) is 0. The molecule has 3 rings (SSSR count). The van der Waals surface area contributed by atoms with Crippen molar-refractivity contribution in [2.75, 3.05) is 0 Å². The Morgan fingerprint density at radius 3 is 2.68 bits per heavy atom. The van der Waals surface area contributed by atoms with E-state index in [1.165, 1.54) is 5.56 Å². The molecular weight excluding hydrogens is 304 g/mol. The molecule has 0 N–H and O–H groups in total. The highest BCUT2D eigenvalue weighted by atomic mass is 79.9. The van der Waals surface area contributed by atoms with Crippen LogP contribution in [0.5, 0.6) is 0 Å². The van der Waals surface area contributed by atoms with E-state index in [4.69, 9.17) is 0 Å². The third kappa shape index (κ3) is 2.19. The number of aldehydes is 1. The van der Waals surface area contributed by atoms with Gasteiger partial charge in [0.05, 0.1) is 5.52 Å². The number of carbonyl (C=O) groups is 1. The fraction of sp³-hybridized carbons (Fsp3) is 0.0667. The third-order valence-electron chi connectivity index (χ3n) is 3.03. The van der Waals surface area contributed by atoms with Crippen LogP contribution < -0.4 is 0 Å². The standard InChI is InChI=1S/C15H11BrN2O/c16-12-7-4-8-18-14(17-13(10-19)15(12)18)9-11-5-2-1-3-6-11/h1-8,10H,9H2. The van der Waals surface area contributed by atoms with Crippen molar-refractivity contribution in [1.29, 1.82) is 0 Å². The maximum atomic E-state index is 11.1. The first kappa shape index (κ1) is 12.1. The molecule has 1 aromatic carbocycles. The van der Waals surface area contributed by atoms with Crippen molar-refractivity contribution in [3.63, 3.8) is 0 Å². The molecule has 0 radical (unpaired) electrons. The first-order valence-electron chi connectivity index (χ1n) is 5.94. The van der Waals surface area contributed by atoms with Crippen LogP contribution in [0.1, 0.15) is 21.9 Å². The second-order valence-electron chi connectivity index (χ2n) is 4.27. The number of pyridine rings is 1. The van der Waals surface area contributed by atoms with E-state index in [0.717, 1.165) is 22.1 Å². The Kier molecular flexibility index (Phi) is 3.17. The second-order valence-corrected chi connectivity index (χ2v) is 5.12. The van der Waals surface area contributed by atoms with Crippen molar-refractivity contribution in [3.8, 4) is 0 Å². The normalized spacial score (nSPS) is 10.8. The maximum absolute atomic E-state index is 11.1. The molecule has 0 fully saturated rings. The Balaban J connectivity index is 2.14. The van der Waals surface area contributed by atoms with Crippen LogP contribution in [0, 0.1) is 0 Å². The smallest absolute Gasteiger partial charge is 0.170 e. The molecule has 0 spiro atoms. The zero-order valence-corrected chi connectivity index (χ0v) is 11.7. The summed E-state index contributed by atoms with van der Waals surface area (Å²) in [6, 6.07) is 13.9. The van der Waals surface area contributed by atoms with Crippen molar-refractivity contribution < 1.29 is 4.79 Å². The van der Waals surface area contributed by atoms with Crippen LogP contribution in [0.2, 0.25) is 0 Å². The average Bonchev–Trinajstić information content (AvgIpc) is 2.80. The van der Waals surface area contributed by atoms with Crippen LogP contribution in [0.25, 0.3) is 5.52 Å². The second kappa shape index (κ2) is 4.97. The van der Waals surface area contributed by atoms with Crippen molar-refractivity contribution in [2.45, 2.75) is 6.42 Å². The van der Waals surface area contributed by atoms with Gasteiger partial charge in [0.2, 0.25) is 0 Å². The van der Waals surface area contributed by atoms with Gasteiger partial charge in [-0.1, -0.05) is 30.3 Å². The molecule has 0 saturated carbocycles. The lowest BCUT2D eigenvalue weighted by Crippen LogP contribution is -1.95. The molecule has 19 heavy (non-hydrogen) atoms. The molecule has 0 amide bonds. The maximum Gasteiger partial charge on any atom is 0.170 e. The van der Waals surface area contributed by atoms with Crippen LogP contribution in [-0.2, 0) is 6.42 Å². The van der Waals surface area contributed by atoms with E-state index in [9.17, 15) is 4.79 Å². The summed E-state index contributed by atoms with van der Waals surface area (Å²) in [6.07, 6.45) is 3.43. The molecular formula is C15H11BrN2O. The third-order valence-corrected chi connectivity index (χ3v) is 3.67. The summed E-state index contributed by atoms with van der Waals surface area (Å²) >= 11 is 3.47. The zero-order chi connectivity index (χ0) is 13.2. The fourth-order valence-electron chi connectivity index (χ4n) is 2.17. The number of halogens is 1. The number of fused-ring (bicyclic) bond motifs is 1. The lowest BCUT2D eigenvalue weighted by atomic mass is 10.1. The van der Waals surface area contributed by atoms with Gasteiger partial charge in [-0.3, -0.25) is 4.79 Å². The Bertz CT molecular complexity index is 734. The predicted octanol–water partition coefficient (Wildman–Crippen LogP) is 3.50. The van der Waals surface area contributed by atoms with Crippen molar-refractivity contribution in [1.82, 2.24) is 9.38 Å². The number of imidazole rings is 1. The van der Waals surface area contributed by atoms with Crippen LogP contribution in [0.15, 0.2) is 53.1 Å². The van der Waals surface area contributed by atoms with Crippen LogP contribution in [0.3, 0.4) is 0 Å². The lowest BCUT2D eigenvalue weighted by molar-refractivity contribution is 0.112. The van der Waals surface area contributed by atoms with E-state index in [0.29, 0.717) is 12.1 Å². The minimum absolute atomic E-state index is 0.471. The minimum atomic E-state index is 0.471. The molecule has 3 aromatic rings. The van der Waals surface area contributed by atoms with E-state index in [1.807, 2.05) is 40.9 Å². The van der Waals surface area contributed by atoms with Gasteiger partial charge in [-0.15, -0.1) is 0 Å². The molecule has 0 unspecified atom stereocenters. The predicted molar refractivity (Wildman–Crippen MR) is 77.5 cm³/mol. The number of hydrogen-bond acceptors (Lipinski definition) is 2. The molecule has 4 heteroatoms. The van der Waals surface area contributed by atoms with Gasteiger partial charge in [-0.05, 0) is 33.6 Å². The largest absolute Gasteiger partial charge is 0.302 e. The molecule has 0 aliphatic carbocycles. The SMILES string of the molecule is O=Cc1nc(Cc2ccccc2)n2cccc(Br)c12. The Labute approximate surface area is 119 Å². The van der Waals surface area contributed by atoms with Gasteiger partial charge in [-0.25, -0.2) is 4.98 Å². The van der Waals surface area contributed by atoms with Gasteiger partial charge < -0.3 is 4.40 Å². The van der Waals surface area contributed by atoms with Gasteiger partial charge in [-0.2, -0.15) is 0 Å². The average molecular weight is 315 g/mol. The number of aromatic nitrogens is 2. The number of nitrogens with zero attached hydrogens (tertiary/aromatic N) is 2. The van der Waals surface area contributed by atoms with Gasteiger partial charge in [0.1, 0.15) is 11.5 Å². The summed E-state index contributed by atoms with van der Waals surface area (Å²) in [7, 11) is 0. The van der Waals surface area contributed by atoms with E-state index in [1.54, 1.807) is 0 Å². The van der Waals surface area contributed by atoms with Crippen molar-refractivity contribution in [3.05, 3.63) is 70.2 Å². The van der Waals surface area contributed by atoms with Gasteiger partial charge in [0.15, 0.2) is 6.29 Å². The first-order valence-corrected chi connectivity index (χ1v) is 6.73. The molecule has 0 bridgehead atoms. The Morgan fingerprint density at radius 1 is 1.16 bits per heavy atom. The summed E-state index contributed by atoms with van der Waals surface area (Å²) in [5, 5.41) is 0. The molecule has 94 valence electrons. The Morgan fingerprint density at radius 2 is 1.95 bits per heavy atom. The van der Waals surface area contributed by atoms with Crippen LogP contribution in [0.4, 0.5) is 0 Å². The van der Waals surface area contributed by atoms with Gasteiger partial charge in [0.25, 0.3) is 0 Å². The van der Waals surface area contributed by atoms with Crippen molar-refractivity contribution >= 4 is 27.7 Å². The summed E-state index contributed by atoms with van der Waals surface area (Å²) in [5.74, 6) is 0.865. The Hall–Kier alpha value is -1.94. The first-order chi connectivity index (χ1) is 9.29. The van der Waals surface area contributed by atoms with Gasteiger partial charge in [0, 0.05) is 17.1 Å². The molecule has 0 saturated heterocycles. The monoisotopic (exact) mass is 314 g/mol. The molecule has 0 aliphatic heterocycles. The lowest BCUT2D eigenvalue weighted by Gasteiger charge is -2.02. The summed E-state index contributed by atoms with van der Waals surface area (Å²) in [5.41, 5.74) is 2.47. The van der Waals surface area contributed by atoms with E-state index >= 15 is 0 Å². The highest BCUT2D eigenvalue weighted by molar-refractivity contribution is 9.10. The number of rotatable bonds is 3. The quantitative estimate of drug-likeness (QED) is 0.693. The topological polar surface area (TPSA) is 34.4 Å². The highest BCUT2D eigenvalue weighted by Gasteiger charge is 2.12. The van der Waals surface area contributed by atoms with Crippen LogP contribution in [-0.4, -0.2) is 15.7 Å². The van der Waals surface area contributed by atoms with Gasteiger partial charge >= 0.3 is 0 Å². The van der Waals surface area contributed by atoms with Crippen LogP contribution >= 0.6 is 15.9 Å². The molecule has 2 heterocycles. The van der Waals surface area contributed by atoms with E-state index in [2.05, 4.69) is 33.0 Å². The number of benzene rings is 1. The zero-order valence-electron chi connectivity index (χ0n) is 10.1. The van der Waals surface area contributed by atoms with E-state index in [-0.39, 0.29) is 0 Å². The van der Waals surface area contributed by atoms with E-state index < -0.39 is 0 Å². The molecule has 0 aliphatic rings. The summed E-state index contributed by atoms with van der Waals surface area (Å²) < 4.78 is 2.84. The molecule has 3 nitrogen and oxygen atoms in total. The fourth-order valence-corrected chi connectivity index (χ4v) is 2.72. The molecule has 0 atom stereocenters. The van der Waals surface area contributed by atoms with Crippen molar-refractivity contribution in [2.24, 2.45) is 0 Å².